The van der Waals surface area contributed by atoms with E-state index < -0.39 is 0 Å². The van der Waals surface area contributed by atoms with E-state index in [2.05, 4.69) is 29.0 Å². The number of nitrogens with zero attached hydrogens (tertiary/aromatic N) is 2. The molecule has 0 aliphatic carbocycles. The molecule has 0 bridgehead atoms. The number of para-hydroxylation sites is 1. The second kappa shape index (κ2) is 8.34. The van der Waals surface area contributed by atoms with Crippen LogP contribution >= 0.6 is 34.5 Å². The summed E-state index contributed by atoms with van der Waals surface area (Å²) in [5.74, 6) is 0.0654. The van der Waals surface area contributed by atoms with E-state index in [0.29, 0.717) is 23.0 Å². The Labute approximate surface area is 195 Å². The summed E-state index contributed by atoms with van der Waals surface area (Å²) in [6, 6.07) is 15.8. The summed E-state index contributed by atoms with van der Waals surface area (Å²) in [5.41, 5.74) is 4.06. The second-order valence-corrected chi connectivity index (χ2v) is 9.59. The Bertz CT molecular complexity index is 1260. The number of fused-ring (bicyclic) bond motifs is 2. The van der Waals surface area contributed by atoms with Crippen molar-refractivity contribution < 1.29 is 4.79 Å². The molecule has 0 saturated heterocycles. The first-order chi connectivity index (χ1) is 15.1. The van der Waals surface area contributed by atoms with Gasteiger partial charge in [0.15, 0.2) is 0 Å². The Kier molecular flexibility index (Phi) is 5.55. The number of hydrogen-bond acceptors (Lipinski definition) is 2. The van der Waals surface area contributed by atoms with Crippen molar-refractivity contribution in [2.24, 2.45) is 0 Å². The molecule has 3 nitrogen and oxygen atoms in total. The maximum absolute atomic E-state index is 13.9. The molecule has 31 heavy (non-hydrogen) atoms. The van der Waals surface area contributed by atoms with Crippen molar-refractivity contribution in [3.05, 3.63) is 91.7 Å². The first-order valence-corrected chi connectivity index (χ1v) is 12.1. The molecule has 4 aromatic rings. The van der Waals surface area contributed by atoms with E-state index in [1.165, 1.54) is 10.4 Å². The van der Waals surface area contributed by atoms with Gasteiger partial charge in [-0.3, -0.25) is 4.79 Å². The fraction of sp³-hybridized carbons (Fsp3) is 0.240. The van der Waals surface area contributed by atoms with Crippen LogP contribution in [-0.4, -0.2) is 21.9 Å². The van der Waals surface area contributed by atoms with E-state index in [0.717, 1.165) is 35.0 Å². The van der Waals surface area contributed by atoms with Crippen LogP contribution in [0.4, 0.5) is 0 Å². The molecule has 0 N–H and O–H groups in total. The third-order valence-corrected chi connectivity index (χ3v) is 7.93. The lowest BCUT2D eigenvalue weighted by Crippen LogP contribution is -2.40. The zero-order chi connectivity index (χ0) is 21.5. The number of halogens is 2. The molecule has 1 aliphatic heterocycles. The number of benzene rings is 2. The molecule has 1 atom stereocenters. The minimum Gasteiger partial charge on any atom is -0.347 e. The maximum Gasteiger partial charge on any atom is 0.256 e. The molecular weight excluding hydrogens is 447 g/mol. The van der Waals surface area contributed by atoms with Crippen LogP contribution in [0, 0.1) is 0 Å². The highest BCUT2D eigenvalue weighted by atomic mass is 35.5. The third kappa shape index (κ3) is 3.57. The van der Waals surface area contributed by atoms with Crippen molar-refractivity contribution in [3.8, 4) is 0 Å². The van der Waals surface area contributed by atoms with E-state index in [1.54, 1.807) is 11.3 Å². The van der Waals surface area contributed by atoms with E-state index in [4.69, 9.17) is 23.2 Å². The molecule has 2 aromatic carbocycles. The van der Waals surface area contributed by atoms with Gasteiger partial charge in [-0.05, 0) is 54.1 Å². The summed E-state index contributed by atoms with van der Waals surface area (Å²) >= 11 is 14.7. The Morgan fingerprint density at radius 3 is 2.65 bits per heavy atom. The molecule has 0 fully saturated rings. The molecule has 5 rings (SSSR count). The first kappa shape index (κ1) is 20.6. The van der Waals surface area contributed by atoms with Gasteiger partial charge in [0.1, 0.15) is 0 Å². The summed E-state index contributed by atoms with van der Waals surface area (Å²) in [6.45, 7) is 3.60. The summed E-state index contributed by atoms with van der Waals surface area (Å²) in [7, 11) is 0. The van der Waals surface area contributed by atoms with Crippen LogP contribution in [0.1, 0.15) is 39.3 Å². The minimum atomic E-state index is -0.0858. The van der Waals surface area contributed by atoms with Crippen LogP contribution < -0.4 is 0 Å². The van der Waals surface area contributed by atoms with Crippen LogP contribution in [0.3, 0.4) is 0 Å². The van der Waals surface area contributed by atoms with Gasteiger partial charge in [-0.15, -0.1) is 11.3 Å². The van der Waals surface area contributed by atoms with Crippen LogP contribution in [0.5, 0.6) is 0 Å². The predicted molar refractivity (Wildman–Crippen MR) is 130 cm³/mol. The number of amides is 1. The Morgan fingerprint density at radius 1 is 1.10 bits per heavy atom. The Balaban J connectivity index is 1.58. The van der Waals surface area contributed by atoms with Gasteiger partial charge in [0.2, 0.25) is 0 Å². The number of rotatable bonds is 4. The highest BCUT2D eigenvalue weighted by Gasteiger charge is 2.34. The van der Waals surface area contributed by atoms with E-state index in [9.17, 15) is 4.79 Å². The molecule has 2 aromatic heterocycles. The molecule has 0 spiro atoms. The van der Waals surface area contributed by atoms with Crippen molar-refractivity contribution in [2.75, 3.05) is 6.54 Å². The summed E-state index contributed by atoms with van der Waals surface area (Å²) in [6.07, 6.45) is 3.46. The number of carbonyl (C=O) groups excluding carboxylic acids is 1. The maximum atomic E-state index is 13.9. The minimum absolute atomic E-state index is 0.0654. The highest BCUT2D eigenvalue weighted by Crippen LogP contribution is 2.40. The fourth-order valence-corrected chi connectivity index (χ4v) is 6.20. The van der Waals surface area contributed by atoms with Crippen molar-refractivity contribution in [2.45, 2.75) is 32.4 Å². The van der Waals surface area contributed by atoms with Crippen LogP contribution in [-0.2, 0) is 19.4 Å². The van der Waals surface area contributed by atoms with Gasteiger partial charge >= 0.3 is 0 Å². The van der Waals surface area contributed by atoms with Crippen molar-refractivity contribution in [1.29, 1.82) is 0 Å². The molecule has 0 saturated carbocycles. The zero-order valence-corrected chi connectivity index (χ0v) is 19.5. The van der Waals surface area contributed by atoms with E-state index in [1.807, 2.05) is 47.5 Å². The van der Waals surface area contributed by atoms with Gasteiger partial charge in [0.05, 0.1) is 11.6 Å². The topological polar surface area (TPSA) is 25.2 Å². The van der Waals surface area contributed by atoms with E-state index >= 15 is 0 Å². The highest BCUT2D eigenvalue weighted by molar-refractivity contribution is 7.10. The average molecular weight is 469 g/mol. The zero-order valence-electron chi connectivity index (χ0n) is 17.1. The van der Waals surface area contributed by atoms with Gasteiger partial charge in [0, 0.05) is 51.5 Å². The average Bonchev–Trinajstić information content (AvgIpc) is 3.40. The molecule has 158 valence electrons. The smallest absolute Gasteiger partial charge is 0.256 e. The van der Waals surface area contributed by atoms with Gasteiger partial charge in [-0.25, -0.2) is 0 Å². The normalized spacial score (nSPS) is 16.0. The number of aryl methyl sites for hydroxylation is 1. The summed E-state index contributed by atoms with van der Waals surface area (Å²) < 4.78 is 2.14. The summed E-state index contributed by atoms with van der Waals surface area (Å²) in [4.78, 5) is 17.1. The predicted octanol–water partition coefficient (Wildman–Crippen LogP) is 7.01. The van der Waals surface area contributed by atoms with E-state index in [-0.39, 0.29) is 11.9 Å². The van der Waals surface area contributed by atoms with Crippen molar-refractivity contribution >= 4 is 51.3 Å². The SMILES string of the molecule is CCn1cc(C(=O)N2CCc3ccsc3C2Cc2c(Cl)cccc2Cl)c2ccccc21. The number of hydrogen-bond donors (Lipinski definition) is 0. The Morgan fingerprint density at radius 2 is 1.87 bits per heavy atom. The van der Waals surface area contributed by atoms with Gasteiger partial charge in [-0.1, -0.05) is 47.5 Å². The molecule has 1 amide bonds. The molecule has 1 unspecified atom stereocenters. The Hall–Kier alpha value is -2.27. The van der Waals surface area contributed by atoms with Gasteiger partial charge in [-0.2, -0.15) is 0 Å². The van der Waals surface area contributed by atoms with Crippen molar-refractivity contribution in [1.82, 2.24) is 9.47 Å². The van der Waals surface area contributed by atoms with Crippen molar-refractivity contribution in [3.63, 3.8) is 0 Å². The lowest BCUT2D eigenvalue weighted by atomic mass is 9.94. The molecule has 1 aliphatic rings. The van der Waals surface area contributed by atoms with Gasteiger partial charge < -0.3 is 9.47 Å². The second-order valence-electron chi connectivity index (χ2n) is 7.82. The molecular formula is C25H22Cl2N2OS. The first-order valence-electron chi connectivity index (χ1n) is 10.5. The van der Waals surface area contributed by atoms with Crippen LogP contribution in [0.2, 0.25) is 10.0 Å². The quantitative estimate of drug-likeness (QED) is 0.316. The lowest BCUT2D eigenvalue weighted by molar-refractivity contribution is 0.0666. The molecule has 3 heterocycles. The van der Waals surface area contributed by atoms with Crippen LogP contribution in [0.25, 0.3) is 10.9 Å². The number of thiophene rings is 1. The number of carbonyl (C=O) groups is 1. The standard InChI is InChI=1S/C25H22Cl2N2OS/c1-2-28-15-19(17-6-3-4-9-22(17)28)25(30)29-12-10-16-11-13-31-24(16)23(29)14-18-20(26)7-5-8-21(18)27/h3-9,11,13,15,23H,2,10,12,14H2,1H3. The van der Waals surface area contributed by atoms with Gasteiger partial charge in [0.25, 0.3) is 5.91 Å². The monoisotopic (exact) mass is 468 g/mol. The molecule has 6 heteroatoms. The number of aromatic nitrogens is 1. The van der Waals surface area contributed by atoms with Crippen LogP contribution in [0.15, 0.2) is 60.1 Å². The largest absolute Gasteiger partial charge is 0.347 e. The third-order valence-electron chi connectivity index (χ3n) is 6.16. The fourth-order valence-electron chi connectivity index (χ4n) is 4.58. The summed E-state index contributed by atoms with van der Waals surface area (Å²) in [5, 5.41) is 4.40. The lowest BCUT2D eigenvalue weighted by Gasteiger charge is -2.36. The molecule has 0 radical (unpaired) electrons.